The minimum absolute atomic E-state index is 0.171. The number of hydrogen-bond donors (Lipinski definition) is 1. The van der Waals surface area contributed by atoms with E-state index in [0.717, 1.165) is 47.8 Å². The number of ether oxygens (including phenoxy) is 1. The highest BCUT2D eigenvalue weighted by atomic mass is 79.9. The summed E-state index contributed by atoms with van der Waals surface area (Å²) in [6, 6.07) is 6.70. The van der Waals surface area contributed by atoms with E-state index in [4.69, 9.17) is 4.74 Å². The van der Waals surface area contributed by atoms with Crippen LogP contribution >= 0.6 is 15.9 Å². The topological polar surface area (TPSA) is 32.7 Å². The number of likely N-dealkylation sites (tertiary alicyclic amines) is 1. The summed E-state index contributed by atoms with van der Waals surface area (Å²) in [6.07, 6.45) is 4.04. The molecule has 3 nitrogen and oxygen atoms in total. The lowest BCUT2D eigenvalue weighted by Gasteiger charge is -2.38. The molecule has 0 bridgehead atoms. The Bertz CT molecular complexity index is 517. The molecule has 1 aromatic rings. The number of aliphatic hydroxyl groups is 1. The fourth-order valence-corrected chi connectivity index (χ4v) is 3.83. The second-order valence-corrected chi connectivity index (χ2v) is 7.05. The average molecular weight is 324 g/mol. The monoisotopic (exact) mass is 323 g/mol. The smallest absolute Gasteiger partial charge is 0.127 e. The largest absolute Gasteiger partial charge is 0.485 e. The third-order valence-corrected chi connectivity index (χ3v) is 5.13. The molecule has 1 spiro atoms. The molecule has 102 valence electrons. The first kappa shape index (κ1) is 12.2. The number of rotatable bonds is 1. The van der Waals surface area contributed by atoms with Crippen molar-refractivity contribution < 1.29 is 9.84 Å². The molecular formula is C15H18BrNO2. The summed E-state index contributed by atoms with van der Waals surface area (Å²) in [6.45, 7) is 2.08. The van der Waals surface area contributed by atoms with E-state index in [2.05, 4.69) is 20.8 Å². The molecule has 1 N–H and O–H groups in total. The number of benzene rings is 1. The second-order valence-electron chi connectivity index (χ2n) is 6.14. The number of halogens is 1. The molecule has 2 atom stereocenters. The van der Waals surface area contributed by atoms with Crippen LogP contribution in [-0.2, 0) is 0 Å². The van der Waals surface area contributed by atoms with Crippen LogP contribution in [0.15, 0.2) is 22.7 Å². The summed E-state index contributed by atoms with van der Waals surface area (Å²) in [5.74, 6) is 0.853. The van der Waals surface area contributed by atoms with Crippen molar-refractivity contribution in [2.45, 2.75) is 43.4 Å². The van der Waals surface area contributed by atoms with Crippen LogP contribution in [-0.4, -0.2) is 34.7 Å². The van der Waals surface area contributed by atoms with Crippen molar-refractivity contribution in [3.05, 3.63) is 28.2 Å². The zero-order valence-corrected chi connectivity index (χ0v) is 12.4. The molecular weight excluding hydrogens is 306 g/mol. The predicted octanol–water partition coefficient (Wildman–Crippen LogP) is 2.87. The van der Waals surface area contributed by atoms with Gasteiger partial charge in [0.05, 0.1) is 6.10 Å². The summed E-state index contributed by atoms with van der Waals surface area (Å²) in [4.78, 5) is 2.54. The molecule has 2 heterocycles. The van der Waals surface area contributed by atoms with Gasteiger partial charge >= 0.3 is 0 Å². The van der Waals surface area contributed by atoms with Gasteiger partial charge in [-0.05, 0) is 25.0 Å². The van der Waals surface area contributed by atoms with Crippen molar-refractivity contribution in [1.29, 1.82) is 0 Å². The lowest BCUT2D eigenvalue weighted by atomic mass is 9.88. The molecule has 2 aliphatic heterocycles. The lowest BCUT2D eigenvalue weighted by Crippen LogP contribution is -2.44. The Morgan fingerprint density at radius 2 is 2.21 bits per heavy atom. The molecule has 0 amide bonds. The van der Waals surface area contributed by atoms with E-state index in [-0.39, 0.29) is 5.60 Å². The summed E-state index contributed by atoms with van der Waals surface area (Å²) in [5.41, 5.74) is 0.759. The van der Waals surface area contributed by atoms with Gasteiger partial charge in [0.1, 0.15) is 11.4 Å². The predicted molar refractivity (Wildman–Crippen MR) is 76.3 cm³/mol. The van der Waals surface area contributed by atoms with Crippen LogP contribution in [0, 0.1) is 0 Å². The van der Waals surface area contributed by atoms with Gasteiger partial charge in [0.25, 0.3) is 0 Å². The first-order chi connectivity index (χ1) is 9.15. The van der Waals surface area contributed by atoms with Crippen molar-refractivity contribution in [3.63, 3.8) is 0 Å². The quantitative estimate of drug-likeness (QED) is 0.862. The highest BCUT2D eigenvalue weighted by Crippen LogP contribution is 2.46. The summed E-state index contributed by atoms with van der Waals surface area (Å²) in [5, 5.41) is 10.4. The van der Waals surface area contributed by atoms with Crippen molar-refractivity contribution in [1.82, 2.24) is 4.90 Å². The van der Waals surface area contributed by atoms with Crippen molar-refractivity contribution in [2.75, 3.05) is 13.1 Å². The molecule has 2 fully saturated rings. The zero-order chi connectivity index (χ0) is 13.0. The molecule has 4 rings (SSSR count). The molecule has 0 aromatic heterocycles. The SMILES string of the molecule is O[C@H]1CC2(CCN(C3CC3)C2)Oc2cc(Br)ccc21. The fourth-order valence-electron chi connectivity index (χ4n) is 3.49. The van der Waals surface area contributed by atoms with Gasteiger partial charge in [0.15, 0.2) is 0 Å². The lowest BCUT2D eigenvalue weighted by molar-refractivity contribution is -0.00767. The summed E-state index contributed by atoms with van der Waals surface area (Å²) < 4.78 is 7.32. The van der Waals surface area contributed by atoms with Gasteiger partial charge in [0.2, 0.25) is 0 Å². The van der Waals surface area contributed by atoms with E-state index < -0.39 is 6.10 Å². The molecule has 1 aromatic carbocycles. The number of nitrogens with zero attached hydrogens (tertiary/aromatic N) is 1. The summed E-state index contributed by atoms with van der Waals surface area (Å²) >= 11 is 3.48. The highest BCUT2D eigenvalue weighted by molar-refractivity contribution is 9.10. The van der Waals surface area contributed by atoms with Crippen molar-refractivity contribution >= 4 is 15.9 Å². The van der Waals surface area contributed by atoms with Gasteiger partial charge in [-0.2, -0.15) is 0 Å². The molecule has 4 heteroatoms. The summed E-state index contributed by atoms with van der Waals surface area (Å²) in [7, 11) is 0. The Hall–Kier alpha value is -0.580. The average Bonchev–Trinajstić information content (AvgIpc) is 3.13. The second kappa shape index (κ2) is 4.21. The molecule has 3 aliphatic rings. The number of aliphatic hydroxyl groups excluding tert-OH is 1. The molecule has 1 aliphatic carbocycles. The Kier molecular flexibility index (Phi) is 2.70. The zero-order valence-electron chi connectivity index (χ0n) is 10.8. The van der Waals surface area contributed by atoms with E-state index in [0.29, 0.717) is 0 Å². The van der Waals surface area contributed by atoms with E-state index in [1.165, 1.54) is 12.8 Å². The van der Waals surface area contributed by atoms with E-state index in [9.17, 15) is 5.11 Å². The highest BCUT2D eigenvalue weighted by Gasteiger charge is 2.48. The number of hydrogen-bond acceptors (Lipinski definition) is 3. The third kappa shape index (κ3) is 2.10. The van der Waals surface area contributed by atoms with Gasteiger partial charge in [-0.25, -0.2) is 0 Å². The van der Waals surface area contributed by atoms with Crippen LogP contribution in [0.4, 0.5) is 0 Å². The van der Waals surface area contributed by atoms with Crippen LogP contribution in [0.2, 0.25) is 0 Å². The van der Waals surface area contributed by atoms with E-state index >= 15 is 0 Å². The van der Waals surface area contributed by atoms with Crippen LogP contribution in [0.1, 0.15) is 37.4 Å². The third-order valence-electron chi connectivity index (χ3n) is 4.64. The van der Waals surface area contributed by atoms with E-state index in [1.54, 1.807) is 0 Å². The first-order valence-corrected chi connectivity index (χ1v) is 7.85. The minimum atomic E-state index is -0.393. The van der Waals surface area contributed by atoms with E-state index in [1.807, 2.05) is 18.2 Å². The number of fused-ring (bicyclic) bond motifs is 1. The van der Waals surface area contributed by atoms with Gasteiger partial charge < -0.3 is 9.84 Å². The Morgan fingerprint density at radius 1 is 1.37 bits per heavy atom. The normalized spacial score (nSPS) is 34.3. The molecule has 1 saturated heterocycles. The van der Waals surface area contributed by atoms with Crippen LogP contribution in [0.3, 0.4) is 0 Å². The van der Waals surface area contributed by atoms with Crippen LogP contribution < -0.4 is 4.74 Å². The van der Waals surface area contributed by atoms with Crippen molar-refractivity contribution in [2.24, 2.45) is 0 Å². The first-order valence-electron chi connectivity index (χ1n) is 7.06. The maximum atomic E-state index is 10.4. The molecule has 1 unspecified atom stereocenters. The molecule has 0 radical (unpaired) electrons. The molecule has 1 saturated carbocycles. The molecule has 19 heavy (non-hydrogen) atoms. The Balaban J connectivity index is 1.63. The Morgan fingerprint density at radius 3 is 3.00 bits per heavy atom. The maximum absolute atomic E-state index is 10.4. The van der Waals surface area contributed by atoms with Gasteiger partial charge in [0, 0.05) is 42.0 Å². The maximum Gasteiger partial charge on any atom is 0.127 e. The standard InChI is InChI=1S/C15H18BrNO2/c16-10-1-4-12-13(18)8-15(19-14(12)7-10)5-6-17(9-15)11-2-3-11/h1,4,7,11,13,18H,2-3,5-6,8-9H2/t13-,15?/m0/s1. The Labute approximate surface area is 121 Å². The minimum Gasteiger partial charge on any atom is -0.485 e. The fraction of sp³-hybridized carbons (Fsp3) is 0.600. The van der Waals surface area contributed by atoms with Crippen LogP contribution in [0.25, 0.3) is 0 Å². The van der Waals surface area contributed by atoms with Crippen molar-refractivity contribution in [3.8, 4) is 5.75 Å². The van der Waals surface area contributed by atoms with Gasteiger partial charge in [-0.1, -0.05) is 22.0 Å². The van der Waals surface area contributed by atoms with Gasteiger partial charge in [-0.3, -0.25) is 4.90 Å². The van der Waals surface area contributed by atoms with Gasteiger partial charge in [-0.15, -0.1) is 0 Å². The van der Waals surface area contributed by atoms with Crippen LogP contribution in [0.5, 0.6) is 5.75 Å².